The molecule has 3 rings (SSSR count). The van der Waals surface area contributed by atoms with Gasteiger partial charge in [0, 0.05) is 19.0 Å². The van der Waals surface area contributed by atoms with Crippen LogP contribution in [0.2, 0.25) is 0 Å². The Morgan fingerprint density at radius 3 is 2.62 bits per heavy atom. The molecular weight excluding hydrogens is 370 g/mol. The van der Waals surface area contributed by atoms with Gasteiger partial charge in [0.1, 0.15) is 5.54 Å². The average molecular weight is 404 g/mol. The lowest BCUT2D eigenvalue weighted by Gasteiger charge is -2.39. The van der Waals surface area contributed by atoms with Crippen LogP contribution in [-0.4, -0.2) is 47.4 Å². The highest BCUT2D eigenvalue weighted by atomic mass is 16.5. The number of hydrogen-bond donors (Lipinski definition) is 1. The van der Waals surface area contributed by atoms with Crippen molar-refractivity contribution >= 4 is 17.8 Å². The Hall–Kier alpha value is -2.10. The van der Waals surface area contributed by atoms with E-state index in [1.807, 2.05) is 4.90 Å². The van der Waals surface area contributed by atoms with Crippen molar-refractivity contribution in [3.8, 4) is 6.07 Å². The van der Waals surface area contributed by atoms with Gasteiger partial charge in [-0.15, -0.1) is 0 Å². The number of nitrogens with zero attached hydrogens (tertiary/aromatic N) is 2. The molecule has 3 fully saturated rings. The maximum Gasteiger partial charge on any atom is 0.311 e. The Labute approximate surface area is 173 Å². The van der Waals surface area contributed by atoms with Gasteiger partial charge in [0.15, 0.2) is 6.61 Å². The molecule has 0 spiro atoms. The molecule has 4 atom stereocenters. The molecule has 2 saturated carbocycles. The molecule has 1 N–H and O–H groups in total. The number of carbonyl (C=O) groups excluding carboxylic acids is 3. The topological polar surface area (TPSA) is 99.5 Å². The normalized spacial score (nSPS) is 31.8. The van der Waals surface area contributed by atoms with E-state index in [9.17, 15) is 19.6 Å². The van der Waals surface area contributed by atoms with Gasteiger partial charge in [-0.25, -0.2) is 0 Å². The zero-order valence-electron chi connectivity index (χ0n) is 17.6. The van der Waals surface area contributed by atoms with E-state index in [-0.39, 0.29) is 18.4 Å². The lowest BCUT2D eigenvalue weighted by atomic mass is 9.77. The molecule has 0 bridgehead atoms. The van der Waals surface area contributed by atoms with Gasteiger partial charge in [0.2, 0.25) is 5.91 Å². The minimum absolute atomic E-state index is 0.00740. The number of esters is 1. The fourth-order valence-electron chi connectivity index (χ4n) is 5.18. The Bertz CT molecular complexity index is 680. The molecule has 3 aliphatic rings. The SMILES string of the molecule is C[C@@H]1[C@@H](C)CCC[C@@H]1N1C[C@H](C(=O)OCC(=O)NC2(C#N)CCCCC2)CC1=O. The average Bonchev–Trinajstić information content (AvgIpc) is 3.10. The summed E-state index contributed by atoms with van der Waals surface area (Å²) >= 11 is 0. The fraction of sp³-hybridized carbons (Fsp3) is 0.818. The lowest BCUT2D eigenvalue weighted by molar-refractivity contribution is -0.152. The molecule has 1 saturated heterocycles. The third kappa shape index (κ3) is 4.91. The van der Waals surface area contributed by atoms with Crippen molar-refractivity contribution in [1.82, 2.24) is 10.2 Å². The first-order valence-corrected chi connectivity index (χ1v) is 11.0. The summed E-state index contributed by atoms with van der Waals surface area (Å²) in [4.78, 5) is 39.1. The number of nitriles is 1. The summed E-state index contributed by atoms with van der Waals surface area (Å²) in [6.45, 7) is 4.39. The van der Waals surface area contributed by atoms with Crippen molar-refractivity contribution in [3.05, 3.63) is 0 Å². The number of carbonyl (C=O) groups is 3. The molecule has 7 heteroatoms. The number of nitrogens with one attached hydrogen (secondary N) is 1. The number of hydrogen-bond acceptors (Lipinski definition) is 5. The van der Waals surface area contributed by atoms with Crippen LogP contribution in [0.1, 0.15) is 71.6 Å². The smallest absolute Gasteiger partial charge is 0.311 e. The van der Waals surface area contributed by atoms with Crippen molar-refractivity contribution in [2.75, 3.05) is 13.2 Å². The van der Waals surface area contributed by atoms with Crippen LogP contribution in [-0.2, 0) is 19.1 Å². The second-order valence-corrected chi connectivity index (χ2v) is 9.19. The van der Waals surface area contributed by atoms with Gasteiger partial charge < -0.3 is 15.0 Å². The molecule has 2 aliphatic carbocycles. The van der Waals surface area contributed by atoms with Gasteiger partial charge in [-0.05, 0) is 31.1 Å². The van der Waals surface area contributed by atoms with Gasteiger partial charge >= 0.3 is 5.97 Å². The molecule has 1 heterocycles. The summed E-state index contributed by atoms with van der Waals surface area (Å²) in [6.07, 6.45) is 7.58. The molecule has 2 amide bonds. The Morgan fingerprint density at radius 1 is 1.21 bits per heavy atom. The first-order chi connectivity index (χ1) is 13.8. The van der Waals surface area contributed by atoms with E-state index in [0.717, 1.165) is 32.1 Å². The van der Waals surface area contributed by atoms with Crippen LogP contribution < -0.4 is 5.32 Å². The molecule has 0 aromatic heterocycles. The second-order valence-electron chi connectivity index (χ2n) is 9.19. The van der Waals surface area contributed by atoms with E-state index in [1.165, 1.54) is 6.42 Å². The standard InChI is InChI=1S/C22H33N3O4/c1-15-7-6-8-18(16(15)2)25-12-17(11-20(25)27)21(28)29-13-19(26)24-22(14-23)9-4-3-5-10-22/h15-18H,3-13H2,1-2H3,(H,24,26)/t15-,16+,17+,18-/m0/s1. The Morgan fingerprint density at radius 2 is 1.93 bits per heavy atom. The quantitative estimate of drug-likeness (QED) is 0.711. The minimum atomic E-state index is -0.838. The van der Waals surface area contributed by atoms with Crippen LogP contribution in [0.15, 0.2) is 0 Å². The summed E-state index contributed by atoms with van der Waals surface area (Å²) in [7, 11) is 0. The summed E-state index contributed by atoms with van der Waals surface area (Å²) in [5.41, 5.74) is -0.838. The van der Waals surface area contributed by atoms with E-state index in [0.29, 0.717) is 31.2 Å². The minimum Gasteiger partial charge on any atom is -0.455 e. The van der Waals surface area contributed by atoms with E-state index < -0.39 is 29.9 Å². The van der Waals surface area contributed by atoms with Crippen molar-refractivity contribution in [3.63, 3.8) is 0 Å². The molecule has 0 unspecified atom stereocenters. The van der Waals surface area contributed by atoms with Crippen molar-refractivity contribution in [2.24, 2.45) is 17.8 Å². The molecule has 7 nitrogen and oxygen atoms in total. The highest BCUT2D eigenvalue weighted by Crippen LogP contribution is 2.36. The zero-order valence-corrected chi connectivity index (χ0v) is 17.6. The number of ether oxygens (including phenoxy) is 1. The summed E-state index contributed by atoms with van der Waals surface area (Å²) in [5, 5.41) is 12.2. The molecule has 1 aliphatic heterocycles. The second kappa shape index (κ2) is 9.15. The van der Waals surface area contributed by atoms with E-state index in [2.05, 4.69) is 25.2 Å². The van der Waals surface area contributed by atoms with Crippen molar-refractivity contribution in [1.29, 1.82) is 5.26 Å². The van der Waals surface area contributed by atoms with Crippen molar-refractivity contribution < 1.29 is 19.1 Å². The summed E-state index contributed by atoms with van der Waals surface area (Å²) in [6, 6.07) is 2.41. The van der Waals surface area contributed by atoms with Gasteiger partial charge in [0.25, 0.3) is 5.91 Å². The molecule has 29 heavy (non-hydrogen) atoms. The Balaban J connectivity index is 1.49. The molecule has 0 radical (unpaired) electrons. The predicted octanol–water partition coefficient (Wildman–Crippen LogP) is 2.55. The maximum atomic E-state index is 12.5. The van der Waals surface area contributed by atoms with E-state index in [1.54, 1.807) is 0 Å². The van der Waals surface area contributed by atoms with Crippen LogP contribution in [0, 0.1) is 29.1 Å². The summed E-state index contributed by atoms with van der Waals surface area (Å²) in [5.74, 6) is -0.457. The number of amides is 2. The number of likely N-dealkylation sites (tertiary alicyclic amines) is 1. The van der Waals surface area contributed by atoms with Gasteiger partial charge in [-0.3, -0.25) is 14.4 Å². The highest BCUT2D eigenvalue weighted by Gasteiger charge is 2.42. The maximum absolute atomic E-state index is 12.5. The largest absolute Gasteiger partial charge is 0.455 e. The third-order valence-electron chi connectivity index (χ3n) is 7.20. The molecule has 160 valence electrons. The van der Waals surface area contributed by atoms with Gasteiger partial charge in [-0.2, -0.15) is 5.26 Å². The zero-order chi connectivity index (χ0) is 21.0. The molecular formula is C22H33N3O4. The fourth-order valence-corrected chi connectivity index (χ4v) is 5.18. The molecule has 0 aromatic rings. The number of rotatable bonds is 5. The Kier molecular flexibility index (Phi) is 6.81. The highest BCUT2D eigenvalue weighted by molar-refractivity contribution is 5.88. The first kappa shape index (κ1) is 21.6. The van der Waals surface area contributed by atoms with Crippen LogP contribution in [0.5, 0.6) is 0 Å². The lowest BCUT2D eigenvalue weighted by Crippen LogP contribution is -2.50. The van der Waals surface area contributed by atoms with Gasteiger partial charge in [0.05, 0.1) is 12.0 Å². The third-order valence-corrected chi connectivity index (χ3v) is 7.20. The van der Waals surface area contributed by atoms with Crippen LogP contribution >= 0.6 is 0 Å². The predicted molar refractivity (Wildman–Crippen MR) is 106 cm³/mol. The van der Waals surface area contributed by atoms with Gasteiger partial charge in [-0.1, -0.05) is 46.0 Å². The van der Waals surface area contributed by atoms with Crippen LogP contribution in [0.3, 0.4) is 0 Å². The summed E-state index contributed by atoms with van der Waals surface area (Å²) < 4.78 is 5.21. The van der Waals surface area contributed by atoms with E-state index >= 15 is 0 Å². The first-order valence-electron chi connectivity index (χ1n) is 11.0. The molecule has 0 aromatic carbocycles. The van der Waals surface area contributed by atoms with Crippen molar-refractivity contribution in [2.45, 2.75) is 83.2 Å². The van der Waals surface area contributed by atoms with E-state index in [4.69, 9.17) is 4.74 Å². The monoisotopic (exact) mass is 403 g/mol. The van der Waals surface area contributed by atoms with Crippen LogP contribution in [0.25, 0.3) is 0 Å². The van der Waals surface area contributed by atoms with Crippen LogP contribution in [0.4, 0.5) is 0 Å².